The predicted octanol–water partition coefficient (Wildman–Crippen LogP) is 3.92. The number of fused-ring (bicyclic) bond motifs is 1. The van der Waals surface area contributed by atoms with Crippen molar-refractivity contribution in [1.82, 2.24) is 0 Å². The fourth-order valence-electron chi connectivity index (χ4n) is 2.36. The maximum Gasteiger partial charge on any atom is 0.147 e. The Hall–Kier alpha value is -0.810. The van der Waals surface area contributed by atoms with Crippen LogP contribution < -0.4 is 0 Å². The zero-order valence-corrected chi connectivity index (χ0v) is 11.5. The summed E-state index contributed by atoms with van der Waals surface area (Å²) in [6, 6.07) is 10.1. The molecule has 0 fully saturated rings. The van der Waals surface area contributed by atoms with Gasteiger partial charge in [0.1, 0.15) is 11.5 Å². The Morgan fingerprint density at radius 1 is 1.24 bits per heavy atom. The molecule has 0 saturated heterocycles. The second-order valence-electron chi connectivity index (χ2n) is 4.36. The summed E-state index contributed by atoms with van der Waals surface area (Å²) in [6.07, 6.45) is 2.43. The van der Waals surface area contributed by atoms with E-state index in [1.54, 1.807) is 0 Å². The summed E-state index contributed by atoms with van der Waals surface area (Å²) < 4.78 is 6.99. The summed E-state index contributed by atoms with van der Waals surface area (Å²) in [6.45, 7) is 0. The molecule has 1 aliphatic rings. The van der Waals surface area contributed by atoms with Crippen molar-refractivity contribution in [2.75, 3.05) is 0 Å². The van der Waals surface area contributed by atoms with Crippen LogP contribution in [0.15, 0.2) is 34.7 Å². The van der Waals surface area contributed by atoms with Crippen molar-refractivity contribution in [3.63, 3.8) is 0 Å². The molecular weight excluding hydrogens is 327 g/mol. The van der Waals surface area contributed by atoms with Crippen LogP contribution in [0, 0.1) is 3.57 Å². The number of rotatable bonds is 1. The second kappa shape index (κ2) is 4.46. The van der Waals surface area contributed by atoms with E-state index < -0.39 is 0 Å². The van der Waals surface area contributed by atoms with Gasteiger partial charge >= 0.3 is 0 Å². The van der Waals surface area contributed by atoms with Crippen LogP contribution in [-0.4, -0.2) is 5.11 Å². The molecular formula is C14H13IO2. The van der Waals surface area contributed by atoms with E-state index in [0.29, 0.717) is 0 Å². The second-order valence-corrected chi connectivity index (χ2v) is 5.43. The van der Waals surface area contributed by atoms with Gasteiger partial charge < -0.3 is 9.52 Å². The Balaban J connectivity index is 2.14. The molecule has 1 aromatic heterocycles. The summed E-state index contributed by atoms with van der Waals surface area (Å²) in [7, 11) is 0. The van der Waals surface area contributed by atoms with Crippen molar-refractivity contribution >= 4 is 22.6 Å². The van der Waals surface area contributed by atoms with Crippen molar-refractivity contribution in [3.8, 4) is 11.3 Å². The van der Waals surface area contributed by atoms with Crippen molar-refractivity contribution in [2.24, 2.45) is 0 Å². The van der Waals surface area contributed by atoms with Gasteiger partial charge in [0.2, 0.25) is 0 Å². The molecule has 0 spiro atoms. The molecule has 1 N–H and O–H groups in total. The van der Waals surface area contributed by atoms with E-state index in [2.05, 4.69) is 22.6 Å². The lowest BCUT2D eigenvalue weighted by Gasteiger charge is -2.16. The fourth-order valence-corrected chi connectivity index (χ4v) is 3.44. The summed E-state index contributed by atoms with van der Waals surface area (Å²) in [5.41, 5.74) is 2.09. The lowest BCUT2D eigenvalue weighted by Crippen LogP contribution is -2.07. The number of halogens is 1. The molecule has 1 heterocycles. The summed E-state index contributed by atoms with van der Waals surface area (Å²) in [4.78, 5) is 0. The molecule has 3 heteroatoms. The summed E-state index contributed by atoms with van der Waals surface area (Å²) in [5, 5.41) is 10.0. The fraction of sp³-hybridized carbons (Fsp3) is 0.286. The lowest BCUT2D eigenvalue weighted by molar-refractivity contribution is 0.152. The first kappa shape index (κ1) is 11.3. The highest BCUT2D eigenvalue weighted by Crippen LogP contribution is 2.40. The average Bonchev–Trinajstić information content (AvgIpc) is 2.69. The highest BCUT2D eigenvalue weighted by atomic mass is 127. The number of hydrogen-bond acceptors (Lipinski definition) is 2. The van der Waals surface area contributed by atoms with Gasteiger partial charge in [-0.15, -0.1) is 0 Å². The van der Waals surface area contributed by atoms with Gasteiger partial charge in [0.15, 0.2) is 0 Å². The van der Waals surface area contributed by atoms with Crippen LogP contribution >= 0.6 is 22.6 Å². The van der Waals surface area contributed by atoms with Crippen molar-refractivity contribution < 1.29 is 9.52 Å². The van der Waals surface area contributed by atoms with Gasteiger partial charge in [0, 0.05) is 17.5 Å². The summed E-state index contributed by atoms with van der Waals surface area (Å²) in [5.74, 6) is 1.86. The highest BCUT2D eigenvalue weighted by molar-refractivity contribution is 14.1. The Morgan fingerprint density at radius 2 is 2.00 bits per heavy atom. The molecule has 0 bridgehead atoms. The zero-order valence-electron chi connectivity index (χ0n) is 9.32. The van der Waals surface area contributed by atoms with Crippen LogP contribution in [0.3, 0.4) is 0 Å². The molecule has 1 atom stereocenters. The van der Waals surface area contributed by atoms with Crippen LogP contribution in [0.2, 0.25) is 0 Å². The average molecular weight is 340 g/mol. The quantitative estimate of drug-likeness (QED) is 0.799. The van der Waals surface area contributed by atoms with Gasteiger partial charge in [0.25, 0.3) is 0 Å². The molecule has 1 aromatic carbocycles. The molecule has 2 aromatic rings. The van der Waals surface area contributed by atoms with Crippen LogP contribution in [0.4, 0.5) is 0 Å². The predicted molar refractivity (Wildman–Crippen MR) is 74.8 cm³/mol. The van der Waals surface area contributed by atoms with E-state index >= 15 is 0 Å². The van der Waals surface area contributed by atoms with Crippen molar-refractivity contribution in [1.29, 1.82) is 0 Å². The van der Waals surface area contributed by atoms with Gasteiger partial charge in [-0.05, 0) is 35.4 Å². The van der Waals surface area contributed by atoms with E-state index in [0.717, 1.165) is 45.5 Å². The van der Waals surface area contributed by atoms with E-state index in [1.165, 1.54) is 0 Å². The Bertz CT molecular complexity index is 531. The van der Waals surface area contributed by atoms with Crippen molar-refractivity contribution in [2.45, 2.75) is 25.4 Å². The Labute approximate surface area is 114 Å². The van der Waals surface area contributed by atoms with Gasteiger partial charge in [-0.1, -0.05) is 30.3 Å². The first-order chi connectivity index (χ1) is 8.27. The third-order valence-corrected chi connectivity index (χ3v) is 4.28. The van der Waals surface area contributed by atoms with Crippen molar-refractivity contribution in [3.05, 3.63) is 45.2 Å². The lowest BCUT2D eigenvalue weighted by atomic mass is 9.95. The van der Waals surface area contributed by atoms with Crippen LogP contribution in [0.1, 0.15) is 30.3 Å². The maximum atomic E-state index is 10.0. The standard InChI is InChI=1S/C14H13IO2/c15-13-12-10(16)7-4-8-11(12)17-14(13)9-5-2-1-3-6-9/h1-3,5-6,10,16H,4,7-8H2/t10-/m1/s1. The normalized spacial score (nSPS) is 19.1. The number of aliphatic hydroxyl groups excluding tert-OH is 1. The van der Waals surface area contributed by atoms with E-state index in [9.17, 15) is 5.11 Å². The van der Waals surface area contributed by atoms with Crippen LogP contribution in [-0.2, 0) is 6.42 Å². The zero-order chi connectivity index (χ0) is 11.8. The van der Waals surface area contributed by atoms with Gasteiger partial charge in [0.05, 0.1) is 9.67 Å². The molecule has 0 aliphatic heterocycles. The molecule has 0 unspecified atom stereocenters. The number of hydrogen-bond donors (Lipinski definition) is 1. The number of aliphatic hydroxyl groups is 1. The Kier molecular flexibility index (Phi) is 2.96. The topological polar surface area (TPSA) is 33.4 Å². The third kappa shape index (κ3) is 1.91. The molecule has 2 nitrogen and oxygen atoms in total. The number of aryl methyl sites for hydroxylation is 1. The minimum Gasteiger partial charge on any atom is -0.460 e. The SMILES string of the molecule is O[C@@H]1CCCc2oc(-c3ccccc3)c(I)c21. The minimum atomic E-state index is -0.355. The monoisotopic (exact) mass is 340 g/mol. The Morgan fingerprint density at radius 3 is 2.71 bits per heavy atom. The largest absolute Gasteiger partial charge is 0.460 e. The van der Waals surface area contributed by atoms with Crippen LogP contribution in [0.25, 0.3) is 11.3 Å². The first-order valence-corrected chi connectivity index (χ1v) is 6.90. The third-order valence-electron chi connectivity index (χ3n) is 3.21. The van der Waals surface area contributed by atoms with E-state index in [-0.39, 0.29) is 6.10 Å². The molecule has 17 heavy (non-hydrogen) atoms. The summed E-state index contributed by atoms with van der Waals surface area (Å²) >= 11 is 2.28. The molecule has 3 rings (SSSR count). The number of furan rings is 1. The molecule has 0 radical (unpaired) electrons. The minimum absolute atomic E-state index is 0.355. The van der Waals surface area contributed by atoms with Gasteiger partial charge in [-0.25, -0.2) is 0 Å². The maximum absolute atomic E-state index is 10.0. The number of benzene rings is 1. The smallest absolute Gasteiger partial charge is 0.147 e. The van der Waals surface area contributed by atoms with Gasteiger partial charge in [-0.3, -0.25) is 0 Å². The first-order valence-electron chi connectivity index (χ1n) is 5.82. The van der Waals surface area contributed by atoms with E-state index in [4.69, 9.17) is 4.42 Å². The molecule has 1 aliphatic carbocycles. The molecule has 88 valence electrons. The molecule has 0 saturated carbocycles. The van der Waals surface area contributed by atoms with E-state index in [1.807, 2.05) is 30.3 Å². The highest BCUT2D eigenvalue weighted by Gasteiger charge is 2.27. The molecule has 0 amide bonds. The van der Waals surface area contributed by atoms with Gasteiger partial charge in [-0.2, -0.15) is 0 Å². The van der Waals surface area contributed by atoms with Crippen LogP contribution in [0.5, 0.6) is 0 Å².